The number of thiazole rings is 1. The number of nitrogens with zero attached hydrogens (tertiary/aromatic N) is 1. The zero-order valence-electron chi connectivity index (χ0n) is 16.4. The third kappa shape index (κ3) is 5.78. The van der Waals surface area contributed by atoms with Crippen LogP contribution < -0.4 is 16.0 Å². The van der Waals surface area contributed by atoms with Crippen molar-refractivity contribution in [2.24, 2.45) is 0 Å². The van der Waals surface area contributed by atoms with E-state index in [0.717, 1.165) is 14.6 Å². The van der Waals surface area contributed by atoms with Gasteiger partial charge in [0.1, 0.15) is 11.6 Å². The molecule has 0 bridgehead atoms. The molecule has 4 aromatic rings. The van der Waals surface area contributed by atoms with Crippen molar-refractivity contribution >= 4 is 68.2 Å². The third-order valence-electron chi connectivity index (χ3n) is 4.17. The topological polar surface area (TPSA) is 96.3 Å². The molecule has 2 aromatic carbocycles. The Kier molecular flexibility index (Phi) is 6.93. The molecule has 0 fully saturated rings. The van der Waals surface area contributed by atoms with Gasteiger partial charge in [-0.2, -0.15) is 0 Å². The summed E-state index contributed by atoms with van der Waals surface area (Å²) in [6.07, 6.45) is 1.56. The number of aromatic nitrogens is 1. The number of fused-ring (bicyclic) bond motifs is 1. The first-order valence-electron chi connectivity index (χ1n) is 9.32. The summed E-state index contributed by atoms with van der Waals surface area (Å²) in [5.74, 6) is 0.242. The van der Waals surface area contributed by atoms with Gasteiger partial charge in [-0.3, -0.25) is 4.79 Å². The van der Waals surface area contributed by atoms with Crippen LogP contribution in [0.5, 0.6) is 0 Å². The number of urea groups is 1. The Hall–Kier alpha value is -3.08. The van der Waals surface area contributed by atoms with Gasteiger partial charge in [-0.05, 0) is 48.5 Å². The largest absolute Gasteiger partial charge is 0.467 e. The third-order valence-corrected chi connectivity index (χ3v) is 6.62. The standard InChI is InChI=1S/C21H16ClFN4O3S2/c22-15-8-12(3-5-16(15)23)25-20(29)26-13-4-6-17-18(9-13)32-21(27-17)31-11-19(28)24-10-14-2-1-7-30-14/h1-9H,10-11H2,(H,24,28)(H2,25,26,29). The number of nitrogens with one attached hydrogen (secondary N) is 3. The lowest BCUT2D eigenvalue weighted by Crippen LogP contribution is -2.24. The number of anilines is 2. The highest BCUT2D eigenvalue weighted by molar-refractivity contribution is 8.01. The van der Waals surface area contributed by atoms with E-state index in [4.69, 9.17) is 16.0 Å². The fourth-order valence-electron chi connectivity index (χ4n) is 2.69. The van der Waals surface area contributed by atoms with Crippen molar-refractivity contribution < 1.29 is 18.4 Å². The molecule has 0 aliphatic carbocycles. The summed E-state index contributed by atoms with van der Waals surface area (Å²) < 4.78 is 20.0. The number of furan rings is 1. The quantitative estimate of drug-likeness (QED) is 0.287. The maximum atomic E-state index is 13.2. The molecular formula is C21H16ClFN4O3S2. The van der Waals surface area contributed by atoms with Crippen LogP contribution in [0.1, 0.15) is 5.76 Å². The lowest BCUT2D eigenvalue weighted by Gasteiger charge is -2.08. The van der Waals surface area contributed by atoms with Crippen molar-refractivity contribution in [2.75, 3.05) is 16.4 Å². The first-order valence-corrected chi connectivity index (χ1v) is 11.5. The van der Waals surface area contributed by atoms with Crippen LogP contribution in [0, 0.1) is 5.82 Å². The van der Waals surface area contributed by atoms with Crippen LogP contribution in [0.25, 0.3) is 10.2 Å². The highest BCUT2D eigenvalue weighted by atomic mass is 35.5. The zero-order valence-corrected chi connectivity index (χ0v) is 18.7. The van der Waals surface area contributed by atoms with Crippen LogP contribution in [0.3, 0.4) is 0 Å². The van der Waals surface area contributed by atoms with E-state index in [-0.39, 0.29) is 16.7 Å². The molecule has 32 heavy (non-hydrogen) atoms. The van der Waals surface area contributed by atoms with Crippen molar-refractivity contribution in [2.45, 2.75) is 10.9 Å². The zero-order chi connectivity index (χ0) is 22.5. The van der Waals surface area contributed by atoms with E-state index in [1.54, 1.807) is 36.6 Å². The summed E-state index contributed by atoms with van der Waals surface area (Å²) in [4.78, 5) is 28.7. The van der Waals surface area contributed by atoms with Gasteiger partial charge in [0.25, 0.3) is 0 Å². The fourth-order valence-corrected chi connectivity index (χ4v) is 4.81. The lowest BCUT2D eigenvalue weighted by molar-refractivity contribution is -0.118. The molecule has 2 aromatic heterocycles. The molecule has 2 heterocycles. The van der Waals surface area contributed by atoms with Gasteiger partial charge in [0.15, 0.2) is 4.34 Å². The lowest BCUT2D eigenvalue weighted by atomic mass is 10.3. The molecule has 0 saturated carbocycles. The molecule has 4 rings (SSSR count). The van der Waals surface area contributed by atoms with E-state index < -0.39 is 11.8 Å². The van der Waals surface area contributed by atoms with E-state index in [9.17, 15) is 14.0 Å². The summed E-state index contributed by atoms with van der Waals surface area (Å²) in [5.41, 5.74) is 1.71. The fraction of sp³-hybridized carbons (Fsp3) is 0.0952. The van der Waals surface area contributed by atoms with E-state index in [0.29, 0.717) is 23.7 Å². The number of rotatable bonds is 7. The van der Waals surface area contributed by atoms with Crippen LogP contribution in [-0.2, 0) is 11.3 Å². The van der Waals surface area contributed by atoms with Crippen LogP contribution in [0.2, 0.25) is 5.02 Å². The Labute approximate surface area is 195 Å². The number of hydrogen-bond acceptors (Lipinski definition) is 6. The Balaban J connectivity index is 1.32. The van der Waals surface area contributed by atoms with Crippen LogP contribution >= 0.6 is 34.7 Å². The Morgan fingerprint density at radius 3 is 2.66 bits per heavy atom. The van der Waals surface area contributed by atoms with Gasteiger partial charge in [0.05, 0.1) is 33.8 Å². The van der Waals surface area contributed by atoms with Gasteiger partial charge in [0, 0.05) is 11.4 Å². The maximum Gasteiger partial charge on any atom is 0.323 e. The minimum atomic E-state index is -0.558. The number of thioether (sulfide) groups is 1. The van der Waals surface area contributed by atoms with E-state index in [1.165, 1.54) is 41.3 Å². The van der Waals surface area contributed by atoms with Crippen molar-refractivity contribution in [3.63, 3.8) is 0 Å². The molecule has 0 unspecified atom stereocenters. The highest BCUT2D eigenvalue weighted by Crippen LogP contribution is 2.31. The Morgan fingerprint density at radius 2 is 1.91 bits per heavy atom. The monoisotopic (exact) mass is 490 g/mol. The smallest absolute Gasteiger partial charge is 0.323 e. The molecular weight excluding hydrogens is 475 g/mol. The minimum Gasteiger partial charge on any atom is -0.467 e. The second-order valence-electron chi connectivity index (χ2n) is 6.52. The predicted molar refractivity (Wildman–Crippen MR) is 125 cm³/mol. The summed E-state index contributed by atoms with van der Waals surface area (Å²) in [6, 6.07) is 12.3. The molecule has 0 spiro atoms. The molecule has 0 radical (unpaired) electrons. The summed E-state index contributed by atoms with van der Waals surface area (Å²) in [6.45, 7) is 0.341. The van der Waals surface area contributed by atoms with Gasteiger partial charge < -0.3 is 20.4 Å². The number of hydrogen-bond donors (Lipinski definition) is 3. The summed E-state index contributed by atoms with van der Waals surface area (Å²) in [7, 11) is 0. The molecule has 7 nitrogen and oxygen atoms in total. The molecule has 0 aliphatic heterocycles. The predicted octanol–water partition coefficient (Wildman–Crippen LogP) is 5.73. The average molecular weight is 491 g/mol. The Morgan fingerprint density at radius 1 is 1.12 bits per heavy atom. The van der Waals surface area contributed by atoms with Crippen LogP contribution in [0.4, 0.5) is 20.6 Å². The second-order valence-corrected chi connectivity index (χ2v) is 9.18. The van der Waals surface area contributed by atoms with E-state index in [1.807, 2.05) is 0 Å². The molecule has 3 N–H and O–H groups in total. The number of carbonyl (C=O) groups is 2. The normalized spacial score (nSPS) is 10.8. The minimum absolute atomic E-state index is 0.0754. The van der Waals surface area contributed by atoms with Gasteiger partial charge in [0.2, 0.25) is 5.91 Å². The molecule has 11 heteroatoms. The molecule has 164 valence electrons. The van der Waals surface area contributed by atoms with Gasteiger partial charge in [-0.15, -0.1) is 11.3 Å². The van der Waals surface area contributed by atoms with Crippen molar-refractivity contribution in [3.8, 4) is 0 Å². The summed E-state index contributed by atoms with van der Waals surface area (Å²) >= 11 is 8.49. The van der Waals surface area contributed by atoms with E-state index >= 15 is 0 Å². The Bertz CT molecular complexity index is 1260. The molecule has 0 aliphatic rings. The molecule has 0 saturated heterocycles. The summed E-state index contributed by atoms with van der Waals surface area (Å²) in [5, 5.41) is 8.03. The number of halogens is 2. The molecule has 3 amide bonds. The van der Waals surface area contributed by atoms with Crippen LogP contribution in [-0.4, -0.2) is 22.7 Å². The number of carbonyl (C=O) groups excluding carboxylic acids is 2. The van der Waals surface area contributed by atoms with Gasteiger partial charge in [-0.25, -0.2) is 14.2 Å². The van der Waals surface area contributed by atoms with Crippen molar-refractivity contribution in [1.29, 1.82) is 0 Å². The number of benzene rings is 2. The maximum absolute atomic E-state index is 13.2. The highest BCUT2D eigenvalue weighted by Gasteiger charge is 2.11. The second kappa shape index (κ2) is 10.0. The molecule has 0 atom stereocenters. The van der Waals surface area contributed by atoms with E-state index in [2.05, 4.69) is 20.9 Å². The number of amides is 3. The first-order chi connectivity index (χ1) is 15.5. The average Bonchev–Trinajstić information content (AvgIpc) is 3.42. The SMILES string of the molecule is O=C(CSc1nc2ccc(NC(=O)Nc3ccc(F)c(Cl)c3)cc2s1)NCc1ccco1. The first kappa shape index (κ1) is 22.1. The van der Waals surface area contributed by atoms with Crippen molar-refractivity contribution in [3.05, 3.63) is 71.4 Å². The van der Waals surface area contributed by atoms with Crippen LogP contribution in [0.15, 0.2) is 63.6 Å². The van der Waals surface area contributed by atoms with Gasteiger partial charge >= 0.3 is 6.03 Å². The van der Waals surface area contributed by atoms with Crippen molar-refractivity contribution in [1.82, 2.24) is 10.3 Å². The van der Waals surface area contributed by atoms with Gasteiger partial charge in [-0.1, -0.05) is 23.4 Å².